The van der Waals surface area contributed by atoms with Gasteiger partial charge in [-0.3, -0.25) is 0 Å². The van der Waals surface area contributed by atoms with Crippen molar-refractivity contribution < 1.29 is 9.47 Å². The van der Waals surface area contributed by atoms with Crippen LogP contribution in [-0.4, -0.2) is 13.1 Å². The second-order valence-corrected chi connectivity index (χ2v) is 5.94. The van der Waals surface area contributed by atoms with Crippen molar-refractivity contribution >= 4 is 5.69 Å². The fraction of sp³-hybridized carbons (Fsp3) is 0.200. The Balaban J connectivity index is 2.16. The van der Waals surface area contributed by atoms with E-state index in [0.29, 0.717) is 30.3 Å². The minimum atomic E-state index is 0.439. The number of hydrogen-bond acceptors (Lipinski definition) is 3. The highest BCUT2D eigenvalue weighted by molar-refractivity contribution is 5.53. The minimum absolute atomic E-state index is 0.439. The average molecular weight is 371 g/mol. The van der Waals surface area contributed by atoms with Crippen molar-refractivity contribution in [3.63, 3.8) is 0 Å². The lowest BCUT2D eigenvalue weighted by atomic mass is 10.2. The van der Waals surface area contributed by atoms with E-state index in [1.54, 1.807) is 0 Å². The molecule has 0 bridgehead atoms. The summed E-state index contributed by atoms with van der Waals surface area (Å²) < 4.78 is 11.9. The first-order valence-corrected chi connectivity index (χ1v) is 9.20. The quantitative estimate of drug-likeness (QED) is 0.316. The molecule has 0 heterocycles. The van der Waals surface area contributed by atoms with Crippen molar-refractivity contribution in [3.8, 4) is 41.9 Å². The van der Waals surface area contributed by atoms with Crippen LogP contribution in [0, 0.1) is 24.7 Å². The second kappa shape index (κ2) is 11.2. The molecule has 0 aliphatic carbocycles. The third-order valence-electron chi connectivity index (χ3n) is 3.83. The summed E-state index contributed by atoms with van der Waals surface area (Å²) >= 11 is 0. The van der Waals surface area contributed by atoms with E-state index in [4.69, 9.17) is 22.3 Å². The van der Waals surface area contributed by atoms with Crippen LogP contribution in [0.5, 0.6) is 17.2 Å². The Morgan fingerprint density at radius 1 is 1.00 bits per heavy atom. The number of nitrogens with zero attached hydrogens (tertiary/aromatic N) is 1. The molecule has 0 amide bonds. The highest BCUT2D eigenvalue weighted by atomic mass is 16.5. The van der Waals surface area contributed by atoms with Crippen LogP contribution in [-0.2, 0) is 0 Å². The normalized spacial score (nSPS) is 10.9. The maximum atomic E-state index is 6.02. The van der Waals surface area contributed by atoms with Gasteiger partial charge in [0.1, 0.15) is 23.0 Å². The number of terminal acetylenes is 2. The number of ether oxygens (including phenoxy) is 2. The molecule has 0 saturated carbocycles. The van der Waals surface area contributed by atoms with Crippen LogP contribution in [0.3, 0.4) is 0 Å². The number of hydrogen-bond donors (Lipinski definition) is 0. The van der Waals surface area contributed by atoms with Gasteiger partial charge in [0.05, 0.1) is 13.1 Å². The third kappa shape index (κ3) is 6.31. The van der Waals surface area contributed by atoms with E-state index >= 15 is 0 Å². The molecule has 0 fully saturated rings. The van der Waals surface area contributed by atoms with Gasteiger partial charge in [0.2, 0.25) is 0 Å². The van der Waals surface area contributed by atoms with Crippen LogP contribution in [0.1, 0.15) is 20.3 Å². The minimum Gasteiger partial charge on any atom is -0.458 e. The highest BCUT2D eigenvalue weighted by Gasteiger charge is 2.07. The number of rotatable bonds is 9. The fourth-order valence-electron chi connectivity index (χ4n) is 2.50. The van der Waals surface area contributed by atoms with Crippen molar-refractivity contribution in [2.75, 3.05) is 18.0 Å². The maximum Gasteiger partial charge on any atom is 0.131 e. The molecular formula is C25H25NO2. The Labute approximate surface area is 168 Å². The first-order valence-electron chi connectivity index (χ1n) is 9.20. The maximum absolute atomic E-state index is 6.02. The van der Waals surface area contributed by atoms with Gasteiger partial charge in [-0.1, -0.05) is 37.0 Å². The van der Waals surface area contributed by atoms with Gasteiger partial charge < -0.3 is 14.4 Å². The van der Waals surface area contributed by atoms with Crippen LogP contribution in [0.25, 0.3) is 0 Å². The molecule has 0 atom stereocenters. The van der Waals surface area contributed by atoms with E-state index < -0.39 is 0 Å². The number of benzene rings is 2. The zero-order valence-electron chi connectivity index (χ0n) is 16.4. The first kappa shape index (κ1) is 20.7. The summed E-state index contributed by atoms with van der Waals surface area (Å²) in [6.45, 7) is 4.91. The molecule has 0 saturated heterocycles. The molecule has 0 spiro atoms. The summed E-state index contributed by atoms with van der Waals surface area (Å²) in [5.74, 6) is 8.14. The molecular weight excluding hydrogens is 346 g/mol. The molecule has 3 heteroatoms. The van der Waals surface area contributed by atoms with E-state index in [1.807, 2.05) is 72.5 Å². The fourth-order valence-corrected chi connectivity index (χ4v) is 2.50. The number of anilines is 1. The monoisotopic (exact) mass is 371 g/mol. The Hall–Kier alpha value is -3.56. The van der Waals surface area contributed by atoms with Gasteiger partial charge in [0, 0.05) is 17.8 Å². The molecule has 0 unspecified atom stereocenters. The Morgan fingerprint density at radius 3 is 2.29 bits per heavy atom. The smallest absolute Gasteiger partial charge is 0.131 e. The highest BCUT2D eigenvalue weighted by Crippen LogP contribution is 2.29. The second-order valence-electron chi connectivity index (χ2n) is 5.94. The lowest BCUT2D eigenvalue weighted by Crippen LogP contribution is -2.23. The number of allylic oxidation sites excluding steroid dienone is 3. The summed E-state index contributed by atoms with van der Waals surface area (Å²) in [6.07, 6.45) is 17.8. The summed E-state index contributed by atoms with van der Waals surface area (Å²) in [5.41, 5.74) is 0.918. The molecule has 2 aromatic rings. The van der Waals surface area contributed by atoms with Crippen molar-refractivity contribution in [2.24, 2.45) is 0 Å². The van der Waals surface area contributed by atoms with Gasteiger partial charge in [-0.25, -0.2) is 0 Å². The van der Waals surface area contributed by atoms with Gasteiger partial charge in [0.15, 0.2) is 0 Å². The van der Waals surface area contributed by atoms with Crippen molar-refractivity contribution in [1.82, 2.24) is 0 Å². The third-order valence-corrected chi connectivity index (χ3v) is 3.83. The zero-order chi connectivity index (χ0) is 20.2. The molecule has 142 valence electrons. The van der Waals surface area contributed by atoms with E-state index in [1.165, 1.54) is 0 Å². The van der Waals surface area contributed by atoms with Crippen LogP contribution < -0.4 is 14.4 Å². The molecule has 0 aliphatic heterocycles. The van der Waals surface area contributed by atoms with Crippen LogP contribution in [0.2, 0.25) is 0 Å². The largest absolute Gasteiger partial charge is 0.458 e. The Kier molecular flexibility index (Phi) is 8.31. The first-order chi connectivity index (χ1) is 13.7. The summed E-state index contributed by atoms with van der Waals surface area (Å²) in [6, 6.07) is 15.2. The van der Waals surface area contributed by atoms with E-state index in [-0.39, 0.29) is 0 Å². The zero-order valence-corrected chi connectivity index (χ0v) is 16.4. The van der Waals surface area contributed by atoms with E-state index in [0.717, 1.165) is 17.9 Å². The van der Waals surface area contributed by atoms with Crippen molar-refractivity contribution in [3.05, 3.63) is 72.5 Å². The molecule has 0 radical (unpaired) electrons. The average Bonchev–Trinajstić information content (AvgIpc) is 2.71. The topological polar surface area (TPSA) is 21.7 Å². The molecule has 28 heavy (non-hydrogen) atoms. The standard InChI is InChI=1S/C25H25NO2/c1-5-9-13-22(8-4)27-24-15-11-16-25(20-24)28-23-14-10-12-21(19-23)26(17-6-2)18-7-3/h2-3,8-16,19-20H,5,17-18H2,1,4H3/b13-9-,22-8+. The molecule has 2 aromatic carbocycles. The van der Waals surface area contributed by atoms with Crippen molar-refractivity contribution in [2.45, 2.75) is 20.3 Å². The SMILES string of the molecule is C#CCN(CC#C)c1cccc(Oc2cccc(OC(/C=C\CC)=C/C)c2)c1. The molecule has 3 nitrogen and oxygen atoms in total. The van der Waals surface area contributed by atoms with Gasteiger partial charge in [-0.15, -0.1) is 12.8 Å². The predicted octanol–water partition coefficient (Wildman–Crippen LogP) is 5.80. The summed E-state index contributed by atoms with van der Waals surface area (Å²) in [7, 11) is 0. The van der Waals surface area contributed by atoms with Gasteiger partial charge in [-0.2, -0.15) is 0 Å². The van der Waals surface area contributed by atoms with Crippen LogP contribution >= 0.6 is 0 Å². The van der Waals surface area contributed by atoms with Gasteiger partial charge in [-0.05, 0) is 49.8 Å². The Bertz CT molecular complexity index is 897. The molecule has 0 aromatic heterocycles. The summed E-state index contributed by atoms with van der Waals surface area (Å²) in [4.78, 5) is 1.94. The van der Waals surface area contributed by atoms with E-state index in [2.05, 4.69) is 24.8 Å². The summed E-state index contributed by atoms with van der Waals surface area (Å²) in [5, 5.41) is 0. The predicted molar refractivity (Wildman–Crippen MR) is 117 cm³/mol. The lowest BCUT2D eigenvalue weighted by Gasteiger charge is -2.20. The van der Waals surface area contributed by atoms with E-state index in [9.17, 15) is 0 Å². The Morgan fingerprint density at radius 2 is 1.64 bits per heavy atom. The van der Waals surface area contributed by atoms with Crippen LogP contribution in [0.15, 0.2) is 72.5 Å². The van der Waals surface area contributed by atoms with Gasteiger partial charge >= 0.3 is 0 Å². The molecule has 0 N–H and O–H groups in total. The molecule has 0 aliphatic rings. The molecule has 2 rings (SSSR count). The van der Waals surface area contributed by atoms with Gasteiger partial charge in [0.25, 0.3) is 0 Å². The van der Waals surface area contributed by atoms with Crippen LogP contribution in [0.4, 0.5) is 5.69 Å². The lowest BCUT2D eigenvalue weighted by molar-refractivity contribution is 0.434. The van der Waals surface area contributed by atoms with Crippen molar-refractivity contribution in [1.29, 1.82) is 0 Å².